The van der Waals surface area contributed by atoms with Gasteiger partial charge in [-0.05, 0) is 46.2 Å². The van der Waals surface area contributed by atoms with Crippen molar-refractivity contribution in [2.45, 2.75) is 52.4 Å². The lowest BCUT2D eigenvalue weighted by Crippen LogP contribution is -2.28. The van der Waals surface area contributed by atoms with Crippen LogP contribution in [0, 0.1) is 0 Å². The van der Waals surface area contributed by atoms with Crippen molar-refractivity contribution in [2.24, 2.45) is 0 Å². The highest BCUT2D eigenvalue weighted by Gasteiger charge is 2.20. The molecular weight excluding hydrogens is 424 g/mol. The van der Waals surface area contributed by atoms with Crippen LogP contribution < -0.4 is 9.80 Å². The third-order valence-electron chi connectivity index (χ3n) is 6.18. The summed E-state index contributed by atoms with van der Waals surface area (Å²) >= 11 is 1.95. The number of thioether (sulfide) groups is 1. The maximum absolute atomic E-state index is 2.37. The largest absolute Gasteiger partial charge is 0.349 e. The third kappa shape index (κ3) is 5.89. The van der Waals surface area contributed by atoms with Crippen LogP contribution in [0.4, 0.5) is 11.4 Å². The topological polar surface area (TPSA) is 13.0 Å². The van der Waals surface area contributed by atoms with Gasteiger partial charge in [0.1, 0.15) is 0 Å². The fraction of sp³-hybridized carbons (Fsp3) is 0.429. The fourth-order valence-electron chi connectivity index (χ4n) is 4.01. The highest BCUT2D eigenvalue weighted by molar-refractivity contribution is 7.99. The van der Waals surface area contributed by atoms with E-state index in [9.17, 15) is 0 Å². The van der Waals surface area contributed by atoms with E-state index < -0.39 is 0 Å². The summed E-state index contributed by atoms with van der Waals surface area (Å²) in [6.45, 7) is 15.4. The minimum Gasteiger partial charge on any atom is -0.349 e. The van der Waals surface area contributed by atoms with Gasteiger partial charge in [-0.15, -0.1) is 11.8 Å². The van der Waals surface area contributed by atoms with Crippen LogP contribution in [-0.4, -0.2) is 34.9 Å². The molecule has 0 saturated heterocycles. The average molecular weight is 463 g/mol. The zero-order valence-corrected chi connectivity index (χ0v) is 21.8. The molecule has 0 aliphatic carbocycles. The Morgan fingerprint density at radius 2 is 1.06 bits per heavy atom. The first-order chi connectivity index (χ1) is 15.6. The van der Waals surface area contributed by atoms with Gasteiger partial charge < -0.3 is 19.6 Å². The monoisotopic (exact) mass is 462 g/mol. The first kappa shape index (κ1) is 23.6. The zero-order valence-electron chi connectivity index (χ0n) is 21.0. The Bertz CT molecular complexity index is 934. The van der Waals surface area contributed by atoms with Gasteiger partial charge in [0.25, 0.3) is 0 Å². The van der Waals surface area contributed by atoms with Crippen LogP contribution >= 0.6 is 11.8 Å². The minimum atomic E-state index is 0.167. The maximum atomic E-state index is 2.37. The summed E-state index contributed by atoms with van der Waals surface area (Å²) < 4.78 is 0. The molecule has 2 aliphatic heterocycles. The molecule has 0 amide bonds. The Hall–Kier alpha value is -2.53. The smallest absolute Gasteiger partial charge is 0.0949 e. The van der Waals surface area contributed by atoms with Gasteiger partial charge >= 0.3 is 0 Å². The first-order valence-electron chi connectivity index (χ1n) is 11.8. The Balaban J connectivity index is 1.24. The van der Waals surface area contributed by atoms with Crippen LogP contribution in [-0.2, 0) is 10.8 Å². The highest BCUT2D eigenvalue weighted by atomic mass is 32.2. The summed E-state index contributed by atoms with van der Waals surface area (Å²) in [6.07, 6.45) is 8.81. The van der Waals surface area contributed by atoms with Crippen molar-refractivity contribution in [1.29, 1.82) is 0 Å². The van der Waals surface area contributed by atoms with Crippen molar-refractivity contribution < 1.29 is 0 Å². The molecule has 0 spiro atoms. The van der Waals surface area contributed by atoms with Gasteiger partial charge in [0, 0.05) is 36.2 Å². The van der Waals surface area contributed by atoms with Gasteiger partial charge in [-0.3, -0.25) is 0 Å². The lowest BCUT2D eigenvalue weighted by molar-refractivity contribution is 0.460. The summed E-state index contributed by atoms with van der Waals surface area (Å²) in [5.41, 5.74) is 5.61. The number of nitrogens with zero attached hydrogens (tertiary/aromatic N) is 4. The van der Waals surface area contributed by atoms with Crippen molar-refractivity contribution in [3.8, 4) is 0 Å². The molecule has 4 nitrogen and oxygen atoms in total. The highest BCUT2D eigenvalue weighted by Crippen LogP contribution is 2.30. The summed E-state index contributed by atoms with van der Waals surface area (Å²) in [6, 6.07) is 17.8. The summed E-state index contributed by atoms with van der Waals surface area (Å²) in [7, 11) is 0. The Kier molecular flexibility index (Phi) is 6.71. The van der Waals surface area contributed by atoms with Crippen molar-refractivity contribution in [2.75, 3.05) is 34.9 Å². The van der Waals surface area contributed by atoms with E-state index in [1.54, 1.807) is 0 Å². The molecule has 0 saturated carbocycles. The van der Waals surface area contributed by atoms with Gasteiger partial charge in [0.2, 0.25) is 0 Å². The Morgan fingerprint density at radius 1 is 0.636 bits per heavy atom. The SMILES string of the molecule is CC(C)(C)c1cccc(N2C=CN(CSCN3C=CN(c4cccc(C(C)(C)C)c4)C3)C2)c1. The van der Waals surface area contributed by atoms with Gasteiger partial charge in [0.05, 0.1) is 25.1 Å². The van der Waals surface area contributed by atoms with E-state index in [2.05, 4.69) is 134 Å². The lowest BCUT2D eigenvalue weighted by atomic mass is 9.87. The molecule has 0 aromatic heterocycles. The molecule has 0 atom stereocenters. The van der Waals surface area contributed by atoms with E-state index in [1.165, 1.54) is 22.5 Å². The molecule has 4 rings (SSSR count). The quantitative estimate of drug-likeness (QED) is 0.470. The fourth-order valence-corrected chi connectivity index (χ4v) is 4.90. The average Bonchev–Trinajstić information content (AvgIpc) is 3.43. The maximum Gasteiger partial charge on any atom is 0.0949 e. The van der Waals surface area contributed by atoms with Crippen molar-refractivity contribution >= 4 is 23.1 Å². The van der Waals surface area contributed by atoms with Gasteiger partial charge in [0.15, 0.2) is 0 Å². The molecule has 176 valence electrons. The van der Waals surface area contributed by atoms with E-state index in [4.69, 9.17) is 0 Å². The van der Waals surface area contributed by atoms with Gasteiger partial charge in [-0.1, -0.05) is 65.8 Å². The van der Waals surface area contributed by atoms with Gasteiger partial charge in [-0.2, -0.15) is 0 Å². The van der Waals surface area contributed by atoms with Crippen LogP contribution in [0.25, 0.3) is 0 Å². The second-order valence-corrected chi connectivity index (χ2v) is 12.0. The van der Waals surface area contributed by atoms with E-state index in [-0.39, 0.29) is 10.8 Å². The number of hydrogen-bond donors (Lipinski definition) is 0. The van der Waals surface area contributed by atoms with Crippen molar-refractivity contribution in [1.82, 2.24) is 9.80 Å². The molecule has 0 radical (unpaired) electrons. The van der Waals surface area contributed by atoms with Crippen molar-refractivity contribution in [3.05, 3.63) is 84.5 Å². The number of hydrogen-bond acceptors (Lipinski definition) is 5. The van der Waals surface area contributed by atoms with Crippen LogP contribution in [0.5, 0.6) is 0 Å². The standard InChI is InChI=1S/C28H38N4S/c1-27(2,3)23-9-7-11-25(17-23)31-15-13-29(19-31)21-33-22-30-14-16-32(20-30)26-12-8-10-24(18-26)28(4,5)6/h7-18H,19-22H2,1-6H3. The second-order valence-electron chi connectivity index (χ2n) is 11.1. The molecule has 0 unspecified atom stereocenters. The number of anilines is 2. The minimum absolute atomic E-state index is 0.167. The lowest BCUT2D eigenvalue weighted by Gasteiger charge is -2.26. The molecule has 0 fully saturated rings. The predicted molar refractivity (Wildman–Crippen MR) is 144 cm³/mol. The van der Waals surface area contributed by atoms with Crippen LogP contribution in [0.1, 0.15) is 52.7 Å². The normalized spacial score (nSPS) is 16.4. The predicted octanol–water partition coefficient (Wildman–Crippen LogP) is 6.73. The van der Waals surface area contributed by atoms with Gasteiger partial charge in [-0.25, -0.2) is 0 Å². The van der Waals surface area contributed by atoms with E-state index in [0.29, 0.717) is 0 Å². The first-order valence-corrected chi connectivity index (χ1v) is 12.9. The second kappa shape index (κ2) is 9.38. The van der Waals surface area contributed by atoms with Crippen LogP contribution in [0.3, 0.4) is 0 Å². The summed E-state index contributed by atoms with van der Waals surface area (Å²) in [5, 5.41) is 0. The van der Waals surface area contributed by atoms with E-state index in [1.807, 2.05) is 11.8 Å². The van der Waals surface area contributed by atoms with E-state index in [0.717, 1.165) is 25.1 Å². The molecule has 2 aromatic rings. The van der Waals surface area contributed by atoms with Crippen LogP contribution in [0.15, 0.2) is 73.3 Å². The van der Waals surface area contributed by atoms with Crippen molar-refractivity contribution in [3.63, 3.8) is 0 Å². The molecular formula is C28H38N4S. The molecule has 0 bridgehead atoms. The number of rotatable bonds is 6. The molecule has 0 N–H and O–H groups in total. The summed E-state index contributed by atoms with van der Waals surface area (Å²) in [4.78, 5) is 9.41. The molecule has 2 heterocycles. The molecule has 5 heteroatoms. The molecule has 2 aliphatic rings. The van der Waals surface area contributed by atoms with Crippen LogP contribution in [0.2, 0.25) is 0 Å². The summed E-state index contributed by atoms with van der Waals surface area (Å²) in [5.74, 6) is 1.96. The van der Waals surface area contributed by atoms with E-state index >= 15 is 0 Å². The Labute approximate surface area is 204 Å². The Morgan fingerprint density at radius 3 is 1.45 bits per heavy atom. The third-order valence-corrected chi connectivity index (χ3v) is 7.21. The molecule has 33 heavy (non-hydrogen) atoms. The molecule has 2 aromatic carbocycles. The number of benzene rings is 2. The zero-order chi connectivity index (χ0) is 23.6.